The number of phosphoric acid groups is 1. The summed E-state index contributed by atoms with van der Waals surface area (Å²) in [7, 11) is -1.19. The normalized spacial score (nSPS) is 17.5. The molecule has 0 radical (unpaired) electrons. The monoisotopic (exact) mass is 629 g/mol. The number of alkyl halides is 17. The van der Waals surface area contributed by atoms with E-state index in [1.165, 1.54) is 21.1 Å². The molecule has 23 heteroatoms. The highest BCUT2D eigenvalue weighted by molar-refractivity contribution is 7.45. The van der Waals surface area contributed by atoms with Crippen LogP contribution in [0.5, 0.6) is 0 Å². The molecule has 0 aliphatic heterocycles. The molecule has 0 aromatic rings. The van der Waals surface area contributed by atoms with E-state index < -0.39 is 75.1 Å². The second-order valence-electron chi connectivity index (χ2n) is 8.53. The van der Waals surface area contributed by atoms with Crippen LogP contribution >= 0.6 is 7.82 Å². The lowest BCUT2D eigenvalue weighted by Gasteiger charge is -2.42. The topological polar surface area (TPSA) is 58.6 Å². The molecule has 0 aliphatic rings. The standard InChI is InChI=1S/C15H17F17NO4P/c1-33(2,3)5-7-37-38(34,35)36-6-4-8(16,17)9(18,19)10(20,21)11(22,23)12(24,25)13(26,27)14(28,29)15(30,31)32/h4-7H2,1-3H3. The number of likely N-dealkylation sites (N-methyl/N-ethyl adjacent to an activating group) is 1. The third-order valence-corrected chi connectivity index (χ3v) is 5.46. The maximum atomic E-state index is 13.7. The van der Waals surface area contributed by atoms with Gasteiger partial charge in [0.1, 0.15) is 13.2 Å². The number of halogens is 17. The SMILES string of the molecule is C[N+](C)(C)CCOP(=O)([O-])OCCC(F)(F)C(F)(F)C(F)(F)C(F)(F)C(F)(F)C(F)(F)C(F)(F)C(F)(F)F. The molecule has 0 aromatic carbocycles. The lowest BCUT2D eigenvalue weighted by Crippen LogP contribution is -2.74. The Bertz CT molecular complexity index is 868. The predicted octanol–water partition coefficient (Wildman–Crippen LogP) is 5.59. The number of quaternary nitrogens is 1. The fourth-order valence-electron chi connectivity index (χ4n) is 2.10. The van der Waals surface area contributed by atoms with E-state index in [-0.39, 0.29) is 11.0 Å². The Morgan fingerprint density at radius 2 is 0.895 bits per heavy atom. The lowest BCUT2D eigenvalue weighted by atomic mass is 9.88. The van der Waals surface area contributed by atoms with Crippen molar-refractivity contribution in [3.8, 4) is 0 Å². The summed E-state index contributed by atoms with van der Waals surface area (Å²) >= 11 is 0. The highest BCUT2D eigenvalue weighted by Gasteiger charge is 2.95. The van der Waals surface area contributed by atoms with Crippen LogP contribution in [0, 0.1) is 0 Å². The van der Waals surface area contributed by atoms with Crippen LogP contribution in [0.25, 0.3) is 0 Å². The molecule has 230 valence electrons. The van der Waals surface area contributed by atoms with Crippen LogP contribution in [-0.2, 0) is 13.6 Å². The summed E-state index contributed by atoms with van der Waals surface area (Å²) in [5.74, 6) is -57.4. The van der Waals surface area contributed by atoms with Crippen molar-refractivity contribution >= 4 is 7.82 Å². The highest BCUT2D eigenvalue weighted by Crippen LogP contribution is 2.64. The van der Waals surface area contributed by atoms with Crippen molar-refractivity contribution < 1.29 is 97.6 Å². The molecule has 1 atom stereocenters. The third kappa shape index (κ3) is 6.60. The van der Waals surface area contributed by atoms with Crippen molar-refractivity contribution in [3.63, 3.8) is 0 Å². The summed E-state index contributed by atoms with van der Waals surface area (Å²) in [6, 6.07) is 0. The average Bonchev–Trinajstić information content (AvgIpc) is 2.64. The first kappa shape index (κ1) is 36.9. The van der Waals surface area contributed by atoms with Crippen molar-refractivity contribution in [3.05, 3.63) is 0 Å². The molecule has 38 heavy (non-hydrogen) atoms. The van der Waals surface area contributed by atoms with Gasteiger partial charge in [-0.1, -0.05) is 0 Å². The lowest BCUT2D eigenvalue weighted by molar-refractivity contribution is -0.870. The van der Waals surface area contributed by atoms with E-state index in [4.69, 9.17) is 0 Å². The zero-order valence-electron chi connectivity index (χ0n) is 18.8. The van der Waals surface area contributed by atoms with E-state index in [0.717, 1.165) is 0 Å². The van der Waals surface area contributed by atoms with E-state index in [1.807, 2.05) is 0 Å². The van der Waals surface area contributed by atoms with Gasteiger partial charge in [-0.05, 0) is 0 Å². The smallest absolute Gasteiger partial charge is 0.460 e. The second kappa shape index (κ2) is 10.4. The molecule has 0 N–H and O–H groups in total. The van der Waals surface area contributed by atoms with E-state index in [1.54, 1.807) is 0 Å². The maximum Gasteiger partial charge on any atom is 0.460 e. The number of phosphoric ester groups is 1. The van der Waals surface area contributed by atoms with Crippen LogP contribution in [-0.4, -0.2) is 93.0 Å². The summed E-state index contributed by atoms with van der Waals surface area (Å²) in [6.45, 7) is -3.14. The Kier molecular flexibility index (Phi) is 10.1. The van der Waals surface area contributed by atoms with Gasteiger partial charge in [-0.2, -0.15) is 74.6 Å². The fraction of sp³-hybridized carbons (Fsp3) is 1.00. The summed E-state index contributed by atoms with van der Waals surface area (Å²) in [4.78, 5) is 11.4. The highest BCUT2D eigenvalue weighted by atomic mass is 31.2. The van der Waals surface area contributed by atoms with Crippen molar-refractivity contribution in [2.75, 3.05) is 40.9 Å². The van der Waals surface area contributed by atoms with Gasteiger partial charge in [-0.25, -0.2) is 0 Å². The van der Waals surface area contributed by atoms with Crippen LogP contribution < -0.4 is 4.89 Å². The number of hydrogen-bond acceptors (Lipinski definition) is 4. The zero-order chi connectivity index (χ0) is 31.2. The fourth-order valence-corrected chi connectivity index (χ4v) is 2.80. The van der Waals surface area contributed by atoms with Gasteiger partial charge in [-0.15, -0.1) is 0 Å². The summed E-state index contributed by atoms with van der Waals surface area (Å²) in [6.07, 6.45) is -10.9. The molecule has 0 bridgehead atoms. The van der Waals surface area contributed by atoms with Crippen LogP contribution in [0.3, 0.4) is 0 Å². The molecule has 0 spiro atoms. The largest absolute Gasteiger partial charge is 0.756 e. The van der Waals surface area contributed by atoms with Gasteiger partial charge in [0, 0.05) is 6.42 Å². The Morgan fingerprint density at radius 1 is 0.579 bits per heavy atom. The van der Waals surface area contributed by atoms with Gasteiger partial charge in [-0.3, -0.25) is 4.57 Å². The molecule has 0 fully saturated rings. The van der Waals surface area contributed by atoms with Crippen molar-refractivity contribution in [1.29, 1.82) is 0 Å². The van der Waals surface area contributed by atoms with E-state index in [9.17, 15) is 84.1 Å². The molecule has 1 unspecified atom stereocenters. The maximum absolute atomic E-state index is 13.7. The van der Waals surface area contributed by atoms with E-state index >= 15 is 0 Å². The quantitative estimate of drug-likeness (QED) is 0.143. The first-order valence-corrected chi connectivity index (χ1v) is 10.7. The van der Waals surface area contributed by atoms with Crippen molar-refractivity contribution in [2.24, 2.45) is 0 Å². The first-order valence-electron chi connectivity index (χ1n) is 9.28. The second-order valence-corrected chi connectivity index (χ2v) is 9.94. The molecule has 5 nitrogen and oxygen atoms in total. The molecule has 0 saturated heterocycles. The molecule has 0 rings (SSSR count). The van der Waals surface area contributed by atoms with Gasteiger partial charge in [0.25, 0.3) is 7.82 Å². The summed E-state index contributed by atoms with van der Waals surface area (Å²) in [5, 5.41) is 0. The van der Waals surface area contributed by atoms with Crippen LogP contribution in [0.2, 0.25) is 0 Å². The van der Waals surface area contributed by atoms with E-state index in [0.29, 0.717) is 0 Å². The molecule has 0 amide bonds. The van der Waals surface area contributed by atoms with Crippen LogP contribution in [0.1, 0.15) is 6.42 Å². The predicted molar refractivity (Wildman–Crippen MR) is 87.7 cm³/mol. The molecular weight excluding hydrogens is 612 g/mol. The number of rotatable bonds is 14. The number of hydrogen-bond donors (Lipinski definition) is 0. The Balaban J connectivity index is 6.04. The Labute approximate surface area is 201 Å². The molecule has 0 saturated carbocycles. The Hall–Kier alpha value is -1.12. The van der Waals surface area contributed by atoms with Gasteiger partial charge in [0.2, 0.25) is 0 Å². The molecule has 0 heterocycles. The minimum absolute atomic E-state index is 0.0339. The third-order valence-electron chi connectivity index (χ3n) is 4.46. The minimum atomic E-state index is -8.73. The van der Waals surface area contributed by atoms with E-state index in [2.05, 4.69) is 9.05 Å². The van der Waals surface area contributed by atoms with Gasteiger partial charge >= 0.3 is 47.6 Å². The van der Waals surface area contributed by atoms with Gasteiger partial charge < -0.3 is 18.4 Å². The summed E-state index contributed by atoms with van der Waals surface area (Å²) in [5.41, 5.74) is 0. The molecular formula is C15H17F17NO4P. The van der Waals surface area contributed by atoms with Crippen LogP contribution in [0.4, 0.5) is 74.6 Å². The molecule has 0 aromatic heterocycles. The van der Waals surface area contributed by atoms with Crippen LogP contribution in [0.15, 0.2) is 0 Å². The van der Waals surface area contributed by atoms with Gasteiger partial charge in [0.15, 0.2) is 0 Å². The van der Waals surface area contributed by atoms with Crippen molar-refractivity contribution in [1.82, 2.24) is 0 Å². The molecule has 0 aliphatic carbocycles. The zero-order valence-corrected chi connectivity index (χ0v) is 19.7. The minimum Gasteiger partial charge on any atom is -0.756 e. The number of nitrogens with zero attached hydrogens (tertiary/aromatic N) is 1. The first-order chi connectivity index (χ1) is 16.2. The van der Waals surface area contributed by atoms with Gasteiger partial charge in [0.05, 0.1) is 27.7 Å². The Morgan fingerprint density at radius 3 is 1.24 bits per heavy atom. The average molecular weight is 629 g/mol. The van der Waals surface area contributed by atoms with Crippen molar-refractivity contribution in [2.45, 2.75) is 54.1 Å². The summed E-state index contributed by atoms with van der Waals surface area (Å²) < 4.78 is 243.